The minimum absolute atomic E-state index is 0.608. The van der Waals surface area contributed by atoms with Crippen molar-refractivity contribution in [3.8, 4) is 42.4 Å². The summed E-state index contributed by atoms with van der Waals surface area (Å²) in [7, 11) is 0. The average molecular weight is 514 g/mol. The Balaban J connectivity index is 1.70. The maximum atomic E-state index is 6.20. The van der Waals surface area contributed by atoms with Crippen LogP contribution in [0, 0.1) is 0 Å². The van der Waals surface area contributed by atoms with Gasteiger partial charge in [0.1, 0.15) is 5.01 Å². The van der Waals surface area contributed by atoms with Crippen molar-refractivity contribution in [1.29, 1.82) is 0 Å². The van der Waals surface area contributed by atoms with Crippen LogP contribution in [-0.2, 0) is 0 Å². The molecular weight excluding hydrogens is 491 g/mol. The van der Waals surface area contributed by atoms with Crippen LogP contribution in [0.2, 0.25) is 0 Å². The lowest BCUT2D eigenvalue weighted by Crippen LogP contribution is -1.93. The maximum absolute atomic E-state index is 6.20. The molecule has 0 saturated heterocycles. The summed E-state index contributed by atoms with van der Waals surface area (Å²) in [6.07, 6.45) is 0. The van der Waals surface area contributed by atoms with E-state index in [1.54, 1.807) is 34.0 Å². The Morgan fingerprint density at radius 2 is 1.17 bits per heavy atom. The fourth-order valence-corrected chi connectivity index (χ4v) is 7.74. The molecule has 6 rings (SSSR count). The Labute approximate surface area is 216 Å². The lowest BCUT2D eigenvalue weighted by Gasteiger charge is -2.08. The summed E-state index contributed by atoms with van der Waals surface area (Å²) in [5.41, 5.74) is 4.26. The zero-order valence-corrected chi connectivity index (χ0v) is 21.9. The van der Waals surface area contributed by atoms with Crippen molar-refractivity contribution in [2.24, 2.45) is 0 Å². The van der Waals surface area contributed by atoms with E-state index in [2.05, 4.69) is 72.8 Å². The first-order valence-electron chi connectivity index (χ1n) is 11.6. The molecule has 3 nitrogen and oxygen atoms in total. The third-order valence-electron chi connectivity index (χ3n) is 5.79. The largest absolute Gasteiger partial charge is 0.484 e. The van der Waals surface area contributed by atoms with Gasteiger partial charge >= 0.3 is 0 Å². The summed E-state index contributed by atoms with van der Waals surface area (Å²) in [4.78, 5) is 6.39. The zero-order valence-electron chi connectivity index (χ0n) is 19.4. The first kappa shape index (κ1) is 22.3. The highest BCUT2D eigenvalue weighted by atomic mass is 32.1. The average Bonchev–Trinajstić information content (AvgIpc) is 3.57. The number of hydrogen-bond donors (Lipinski definition) is 0. The van der Waals surface area contributed by atoms with Gasteiger partial charge in [0.05, 0.1) is 34.9 Å². The van der Waals surface area contributed by atoms with Gasteiger partial charge in [-0.2, -0.15) is 0 Å². The second-order valence-corrected chi connectivity index (χ2v) is 11.0. The van der Waals surface area contributed by atoms with Crippen molar-refractivity contribution in [2.45, 2.75) is 13.8 Å². The molecule has 3 aromatic heterocycles. The third kappa shape index (κ3) is 3.92. The molecule has 6 aromatic rings. The molecule has 35 heavy (non-hydrogen) atoms. The maximum Gasteiger partial charge on any atom is 0.184 e. The predicted molar refractivity (Wildman–Crippen MR) is 152 cm³/mol. The molecule has 0 atom stereocenters. The normalized spacial score (nSPS) is 11.4. The molecule has 0 aliphatic heterocycles. The van der Waals surface area contributed by atoms with E-state index in [9.17, 15) is 0 Å². The van der Waals surface area contributed by atoms with Gasteiger partial charge in [0.15, 0.2) is 10.1 Å². The highest BCUT2D eigenvalue weighted by Crippen LogP contribution is 2.54. The van der Waals surface area contributed by atoms with Crippen molar-refractivity contribution in [1.82, 2.24) is 4.98 Å². The van der Waals surface area contributed by atoms with Crippen LogP contribution in [0.4, 0.5) is 0 Å². The summed E-state index contributed by atoms with van der Waals surface area (Å²) in [6.45, 7) is 5.29. The molecule has 3 aromatic carbocycles. The Morgan fingerprint density at radius 1 is 0.629 bits per heavy atom. The summed E-state index contributed by atoms with van der Waals surface area (Å²) in [5.74, 6) is 0. The number of nitrogens with zero attached hydrogens (tertiary/aromatic N) is 1. The molecule has 0 N–H and O–H groups in total. The Morgan fingerprint density at radius 3 is 1.80 bits per heavy atom. The van der Waals surface area contributed by atoms with Crippen LogP contribution in [0.1, 0.15) is 13.8 Å². The second-order valence-electron chi connectivity index (χ2n) is 7.95. The third-order valence-corrected chi connectivity index (χ3v) is 9.08. The Kier molecular flexibility index (Phi) is 6.02. The number of thiophene rings is 2. The Bertz CT molecular complexity index is 1530. The van der Waals surface area contributed by atoms with E-state index >= 15 is 0 Å². The van der Waals surface area contributed by atoms with E-state index in [1.807, 2.05) is 19.9 Å². The molecule has 174 valence electrons. The number of aromatic nitrogens is 1. The number of fused-ring (bicyclic) bond motifs is 2. The van der Waals surface area contributed by atoms with Crippen molar-refractivity contribution in [3.63, 3.8) is 0 Å². The van der Waals surface area contributed by atoms with E-state index in [4.69, 9.17) is 14.5 Å². The molecule has 0 aliphatic rings. The lowest BCUT2D eigenvalue weighted by molar-refractivity contribution is 0.351. The molecule has 0 spiro atoms. The van der Waals surface area contributed by atoms with Crippen LogP contribution in [0.3, 0.4) is 0 Å². The van der Waals surface area contributed by atoms with Crippen LogP contribution >= 0.6 is 34.0 Å². The predicted octanol–water partition coefficient (Wildman–Crippen LogP) is 9.37. The van der Waals surface area contributed by atoms with Crippen LogP contribution in [0.15, 0.2) is 78.9 Å². The summed E-state index contributed by atoms with van der Waals surface area (Å²) in [6, 6.07) is 27.4. The van der Waals surface area contributed by atoms with Gasteiger partial charge in [0.2, 0.25) is 0 Å². The van der Waals surface area contributed by atoms with Gasteiger partial charge in [-0.25, -0.2) is 4.98 Å². The molecule has 6 heteroatoms. The van der Waals surface area contributed by atoms with E-state index < -0.39 is 0 Å². The fourth-order valence-electron chi connectivity index (χ4n) is 4.31. The van der Waals surface area contributed by atoms with Crippen molar-refractivity contribution < 1.29 is 9.47 Å². The molecule has 3 heterocycles. The molecule has 0 radical (unpaired) electrons. The molecule has 0 aliphatic carbocycles. The van der Waals surface area contributed by atoms with E-state index in [0.717, 1.165) is 42.4 Å². The van der Waals surface area contributed by atoms with Gasteiger partial charge in [-0.1, -0.05) is 89.4 Å². The monoisotopic (exact) mass is 513 g/mol. The van der Waals surface area contributed by atoms with Crippen molar-refractivity contribution >= 4 is 54.2 Å². The zero-order chi connectivity index (χ0) is 23.8. The van der Waals surface area contributed by atoms with E-state index in [-0.39, 0.29) is 0 Å². The van der Waals surface area contributed by atoms with Gasteiger partial charge in [0, 0.05) is 25.7 Å². The van der Waals surface area contributed by atoms with Crippen LogP contribution in [0.25, 0.3) is 52.4 Å². The molecule has 0 bridgehead atoms. The summed E-state index contributed by atoms with van der Waals surface area (Å²) >= 11 is 5.11. The first-order valence-corrected chi connectivity index (χ1v) is 14.1. The molecule has 0 fully saturated rings. The number of rotatable bonds is 7. The SMILES string of the molecule is CCOc1sc2ccccc2c1-c1nc(-c2ccccc2)sc1-c1c(OCC)sc2ccccc12. The van der Waals surface area contributed by atoms with Crippen LogP contribution < -0.4 is 9.47 Å². The number of benzene rings is 3. The summed E-state index contributed by atoms with van der Waals surface area (Å²) < 4.78 is 14.8. The highest BCUT2D eigenvalue weighted by molar-refractivity contribution is 7.23. The summed E-state index contributed by atoms with van der Waals surface area (Å²) in [5, 5.41) is 5.21. The minimum Gasteiger partial charge on any atom is -0.484 e. The van der Waals surface area contributed by atoms with Crippen molar-refractivity contribution in [3.05, 3.63) is 78.9 Å². The topological polar surface area (TPSA) is 31.4 Å². The lowest BCUT2D eigenvalue weighted by atomic mass is 10.0. The van der Waals surface area contributed by atoms with Crippen LogP contribution in [-0.4, -0.2) is 18.2 Å². The molecular formula is C29H23NO2S3. The van der Waals surface area contributed by atoms with E-state index in [0.29, 0.717) is 13.2 Å². The second kappa shape index (κ2) is 9.46. The van der Waals surface area contributed by atoms with Gasteiger partial charge in [-0.3, -0.25) is 0 Å². The first-order chi connectivity index (χ1) is 17.3. The number of thiazole rings is 1. The van der Waals surface area contributed by atoms with Gasteiger partial charge in [-0.15, -0.1) is 11.3 Å². The van der Waals surface area contributed by atoms with E-state index in [1.165, 1.54) is 20.2 Å². The Hall–Kier alpha value is -3.19. The number of ether oxygens (including phenoxy) is 2. The van der Waals surface area contributed by atoms with Gasteiger partial charge < -0.3 is 9.47 Å². The van der Waals surface area contributed by atoms with Gasteiger partial charge in [-0.05, 0) is 26.0 Å². The smallest absolute Gasteiger partial charge is 0.184 e. The van der Waals surface area contributed by atoms with Gasteiger partial charge in [0.25, 0.3) is 0 Å². The van der Waals surface area contributed by atoms with Crippen LogP contribution in [0.5, 0.6) is 10.1 Å². The molecule has 0 amide bonds. The molecule has 0 saturated carbocycles. The highest BCUT2D eigenvalue weighted by Gasteiger charge is 2.27. The quantitative estimate of drug-likeness (QED) is 0.213. The fraction of sp³-hybridized carbons (Fsp3) is 0.138. The minimum atomic E-state index is 0.608. The standard InChI is InChI=1S/C29H23NO2S3/c1-3-31-28-23(19-14-8-10-16-21(19)33-28)25-26(35-27(30-25)18-12-6-5-7-13-18)24-20-15-9-11-17-22(20)34-29(24)32-4-2/h5-17H,3-4H2,1-2H3. The number of hydrogen-bond acceptors (Lipinski definition) is 6. The van der Waals surface area contributed by atoms with Crippen molar-refractivity contribution in [2.75, 3.05) is 13.2 Å². The molecule has 0 unspecified atom stereocenters.